The number of hydrogen-bond donors (Lipinski definition) is 0. The largest absolute Gasteiger partial charge is 0.460 e. The minimum absolute atomic E-state index is 0.0727. The second-order valence-electron chi connectivity index (χ2n) is 5.58. The summed E-state index contributed by atoms with van der Waals surface area (Å²) in [6.07, 6.45) is 4.60. The third kappa shape index (κ3) is 4.00. The molecule has 26 heavy (non-hydrogen) atoms. The Kier molecular flexibility index (Phi) is 5.19. The lowest BCUT2D eigenvalue weighted by molar-refractivity contribution is -0.390. The number of thiophene rings is 1. The van der Waals surface area contributed by atoms with E-state index in [2.05, 4.69) is 21.0 Å². The van der Waals surface area contributed by atoms with Crippen LogP contribution >= 0.6 is 27.3 Å². The highest BCUT2D eigenvalue weighted by Crippen LogP contribution is 2.23. The number of rotatable bonds is 6. The minimum Gasteiger partial charge on any atom is -0.460 e. The quantitative estimate of drug-likeness (QED) is 0.240. The molecule has 0 aliphatic heterocycles. The zero-order valence-electron chi connectivity index (χ0n) is 13.9. The van der Waals surface area contributed by atoms with Crippen molar-refractivity contribution >= 4 is 44.9 Å². The second kappa shape index (κ2) is 7.38. The summed E-state index contributed by atoms with van der Waals surface area (Å²) < 4.78 is 7.36. The Morgan fingerprint density at radius 2 is 2.23 bits per heavy atom. The average molecular weight is 436 g/mol. The molecule has 0 aliphatic rings. The number of nitrogens with zero attached hydrogens (tertiary/aromatic N) is 3. The highest BCUT2D eigenvalue weighted by atomic mass is 79.9. The molecule has 0 spiro atoms. The number of allylic oxidation sites excluding steroid dienone is 1. The number of halogens is 1. The zero-order chi connectivity index (χ0) is 18.8. The molecular weight excluding hydrogens is 422 g/mol. The van der Waals surface area contributed by atoms with Crippen molar-refractivity contribution in [1.29, 1.82) is 0 Å². The number of carbonyl (C=O) groups is 1. The van der Waals surface area contributed by atoms with Crippen molar-refractivity contribution in [2.45, 2.75) is 20.4 Å². The summed E-state index contributed by atoms with van der Waals surface area (Å²) >= 11 is 4.69. The lowest BCUT2D eigenvalue weighted by Crippen LogP contribution is -2.00. The molecule has 0 radical (unpaired) electrons. The summed E-state index contributed by atoms with van der Waals surface area (Å²) in [6.45, 7) is 4.14. The standard InChI is InChI=1S/C17H14BrN3O4S/c1-10-7-14(11(2)26-10)16(22)6-5-12-3-4-13(25-12)8-20-9-15(18)17(19-20)21(23)24/h3-7,9H,8H2,1-2H3/b6-5+. The van der Waals surface area contributed by atoms with Gasteiger partial charge in [-0.15, -0.1) is 11.3 Å². The van der Waals surface area contributed by atoms with Crippen LogP contribution in [0.4, 0.5) is 5.82 Å². The number of nitro groups is 1. The van der Waals surface area contributed by atoms with Gasteiger partial charge in [0.25, 0.3) is 0 Å². The number of ketones is 1. The summed E-state index contributed by atoms with van der Waals surface area (Å²) in [5.74, 6) is 0.781. The van der Waals surface area contributed by atoms with E-state index in [9.17, 15) is 14.9 Å². The van der Waals surface area contributed by atoms with Crippen LogP contribution in [0.1, 0.15) is 31.6 Å². The molecule has 0 saturated heterocycles. The Morgan fingerprint density at radius 3 is 2.85 bits per heavy atom. The van der Waals surface area contributed by atoms with E-state index in [4.69, 9.17) is 4.42 Å². The Morgan fingerprint density at radius 1 is 1.46 bits per heavy atom. The van der Waals surface area contributed by atoms with Crippen molar-refractivity contribution in [3.05, 3.63) is 71.9 Å². The molecule has 0 aliphatic carbocycles. The first-order chi connectivity index (χ1) is 12.3. The number of aryl methyl sites for hydroxylation is 2. The van der Waals surface area contributed by atoms with E-state index in [1.54, 1.807) is 29.5 Å². The first-order valence-electron chi connectivity index (χ1n) is 7.59. The molecule has 3 rings (SSSR count). The first kappa shape index (κ1) is 18.3. The normalized spacial score (nSPS) is 11.3. The fourth-order valence-electron chi connectivity index (χ4n) is 2.44. The van der Waals surface area contributed by atoms with Gasteiger partial charge in [0.15, 0.2) is 5.78 Å². The molecule has 3 heterocycles. The predicted octanol–water partition coefficient (Wildman–Crippen LogP) is 4.77. The van der Waals surface area contributed by atoms with Gasteiger partial charge in [0.05, 0.1) is 11.3 Å². The van der Waals surface area contributed by atoms with Crippen LogP contribution < -0.4 is 0 Å². The molecule has 7 nitrogen and oxygen atoms in total. The van der Waals surface area contributed by atoms with Crippen LogP contribution in [0, 0.1) is 24.0 Å². The monoisotopic (exact) mass is 435 g/mol. The van der Waals surface area contributed by atoms with E-state index in [1.807, 2.05) is 19.9 Å². The van der Waals surface area contributed by atoms with Crippen LogP contribution in [0.15, 0.2) is 39.4 Å². The summed E-state index contributed by atoms with van der Waals surface area (Å²) in [6, 6.07) is 5.35. The topological polar surface area (TPSA) is 91.2 Å². The second-order valence-corrected chi connectivity index (χ2v) is 7.90. The van der Waals surface area contributed by atoms with Gasteiger partial charge in [-0.05, 0) is 65.1 Å². The van der Waals surface area contributed by atoms with E-state index in [1.165, 1.54) is 17.0 Å². The summed E-state index contributed by atoms with van der Waals surface area (Å²) in [4.78, 5) is 24.6. The molecule has 0 N–H and O–H groups in total. The van der Waals surface area contributed by atoms with Gasteiger partial charge < -0.3 is 14.5 Å². The van der Waals surface area contributed by atoms with Crippen molar-refractivity contribution in [3.8, 4) is 0 Å². The van der Waals surface area contributed by atoms with Crippen molar-refractivity contribution in [2.24, 2.45) is 0 Å². The molecule has 3 aromatic heterocycles. The SMILES string of the molecule is Cc1cc(C(=O)/C=C/c2ccc(Cn3cc(Br)c([N+](=O)[O-])n3)o2)c(C)s1. The van der Waals surface area contributed by atoms with Gasteiger partial charge in [0, 0.05) is 15.3 Å². The first-order valence-corrected chi connectivity index (χ1v) is 9.20. The van der Waals surface area contributed by atoms with Crippen molar-refractivity contribution in [1.82, 2.24) is 9.78 Å². The van der Waals surface area contributed by atoms with Gasteiger partial charge in [0.2, 0.25) is 0 Å². The lowest BCUT2D eigenvalue weighted by Gasteiger charge is -1.93. The number of furan rings is 1. The molecule has 0 atom stereocenters. The summed E-state index contributed by atoms with van der Waals surface area (Å²) in [5.41, 5.74) is 0.698. The highest BCUT2D eigenvalue weighted by molar-refractivity contribution is 9.10. The Labute approximate surface area is 161 Å². The molecule has 0 bridgehead atoms. The van der Waals surface area contributed by atoms with Gasteiger partial charge in [0.1, 0.15) is 22.5 Å². The van der Waals surface area contributed by atoms with Gasteiger partial charge in [-0.1, -0.05) is 0 Å². The fourth-order valence-corrected chi connectivity index (χ4v) is 3.83. The maximum atomic E-state index is 12.2. The van der Waals surface area contributed by atoms with Crippen molar-refractivity contribution < 1.29 is 14.1 Å². The molecule has 0 aromatic carbocycles. The molecule has 0 saturated carbocycles. The minimum atomic E-state index is -0.559. The fraction of sp³-hybridized carbons (Fsp3) is 0.176. The third-order valence-corrected chi connectivity index (χ3v) is 5.10. The smallest absolute Gasteiger partial charge is 0.404 e. The van der Waals surface area contributed by atoms with E-state index < -0.39 is 4.92 Å². The van der Waals surface area contributed by atoms with Crippen LogP contribution in [0.3, 0.4) is 0 Å². The average Bonchev–Trinajstić information content (AvgIpc) is 3.25. The van der Waals surface area contributed by atoms with E-state index in [-0.39, 0.29) is 18.1 Å². The third-order valence-electron chi connectivity index (χ3n) is 3.58. The van der Waals surface area contributed by atoms with Gasteiger partial charge in [-0.25, -0.2) is 0 Å². The maximum Gasteiger partial charge on any atom is 0.404 e. The molecule has 0 amide bonds. The molecule has 134 valence electrons. The maximum absolute atomic E-state index is 12.2. The van der Waals surface area contributed by atoms with Gasteiger partial charge >= 0.3 is 5.82 Å². The van der Waals surface area contributed by atoms with Crippen LogP contribution in [-0.2, 0) is 6.54 Å². The Bertz CT molecular complexity index is 1020. The van der Waals surface area contributed by atoms with Crippen LogP contribution in [0.25, 0.3) is 6.08 Å². The molecular formula is C17H14BrN3O4S. The zero-order valence-corrected chi connectivity index (χ0v) is 16.3. The lowest BCUT2D eigenvalue weighted by atomic mass is 10.1. The highest BCUT2D eigenvalue weighted by Gasteiger charge is 2.19. The van der Waals surface area contributed by atoms with Gasteiger partial charge in [-0.3, -0.25) is 4.79 Å². The van der Waals surface area contributed by atoms with Crippen molar-refractivity contribution in [2.75, 3.05) is 0 Å². The molecule has 3 aromatic rings. The Balaban J connectivity index is 1.70. The van der Waals surface area contributed by atoms with E-state index in [0.717, 1.165) is 9.75 Å². The van der Waals surface area contributed by atoms with Gasteiger partial charge in [-0.2, -0.15) is 4.68 Å². The predicted molar refractivity (Wildman–Crippen MR) is 102 cm³/mol. The van der Waals surface area contributed by atoms with E-state index >= 15 is 0 Å². The van der Waals surface area contributed by atoms with Crippen LogP contribution in [-0.4, -0.2) is 20.5 Å². The molecule has 9 heteroatoms. The van der Waals surface area contributed by atoms with Crippen LogP contribution in [0.5, 0.6) is 0 Å². The number of hydrogen-bond acceptors (Lipinski definition) is 6. The number of aromatic nitrogens is 2. The van der Waals surface area contributed by atoms with Crippen molar-refractivity contribution in [3.63, 3.8) is 0 Å². The Hall–Kier alpha value is -2.52. The summed E-state index contributed by atoms with van der Waals surface area (Å²) in [5, 5.41) is 14.7. The molecule has 0 fully saturated rings. The van der Waals surface area contributed by atoms with Crippen LogP contribution in [0.2, 0.25) is 0 Å². The molecule has 0 unspecified atom stereocenters. The number of carbonyl (C=O) groups excluding carboxylic acids is 1. The summed E-state index contributed by atoms with van der Waals surface area (Å²) in [7, 11) is 0. The van der Waals surface area contributed by atoms with E-state index in [0.29, 0.717) is 21.6 Å².